The maximum Gasteiger partial charge on any atom is 0.293 e. The number of amides is 2. The van der Waals surface area contributed by atoms with E-state index in [0.29, 0.717) is 35.2 Å². The molecule has 2 aromatic carbocycles. The van der Waals surface area contributed by atoms with E-state index in [9.17, 15) is 9.59 Å². The highest BCUT2D eigenvalue weighted by Crippen LogP contribution is 2.31. The minimum Gasteiger partial charge on any atom is -0.484 e. The Morgan fingerprint density at radius 1 is 1.14 bits per heavy atom. The van der Waals surface area contributed by atoms with Crippen LogP contribution in [0.3, 0.4) is 0 Å². The van der Waals surface area contributed by atoms with Crippen LogP contribution in [-0.2, 0) is 11.2 Å². The van der Waals surface area contributed by atoms with Gasteiger partial charge in [-0.3, -0.25) is 9.59 Å². The third-order valence-electron chi connectivity index (χ3n) is 4.42. The molecule has 28 heavy (non-hydrogen) atoms. The van der Waals surface area contributed by atoms with Crippen molar-refractivity contribution >= 4 is 34.8 Å². The van der Waals surface area contributed by atoms with Crippen molar-refractivity contribution in [2.45, 2.75) is 6.42 Å². The highest BCUT2D eigenvalue weighted by atomic mass is 35.5. The first-order chi connectivity index (χ1) is 13.6. The number of hydrogen-bond donors (Lipinski definition) is 1. The molecular formula is C21H17ClN2O4. The van der Waals surface area contributed by atoms with Gasteiger partial charge in [0.15, 0.2) is 12.4 Å². The van der Waals surface area contributed by atoms with Crippen LogP contribution in [0, 0.1) is 0 Å². The van der Waals surface area contributed by atoms with Crippen molar-refractivity contribution < 1.29 is 18.7 Å². The van der Waals surface area contributed by atoms with Gasteiger partial charge in [0, 0.05) is 22.9 Å². The zero-order valence-electron chi connectivity index (χ0n) is 14.9. The molecule has 0 saturated heterocycles. The summed E-state index contributed by atoms with van der Waals surface area (Å²) in [5, 5.41) is 3.42. The molecule has 0 radical (unpaired) electrons. The lowest BCUT2D eigenvalue weighted by molar-refractivity contribution is -0.118. The zero-order valence-corrected chi connectivity index (χ0v) is 15.6. The van der Waals surface area contributed by atoms with Crippen molar-refractivity contribution in [2.75, 3.05) is 23.4 Å². The molecule has 0 fully saturated rings. The van der Waals surface area contributed by atoms with Gasteiger partial charge < -0.3 is 19.4 Å². The summed E-state index contributed by atoms with van der Waals surface area (Å²) in [4.78, 5) is 26.3. The molecule has 2 amide bonds. The summed E-state index contributed by atoms with van der Waals surface area (Å²) < 4.78 is 10.6. The van der Waals surface area contributed by atoms with Crippen LogP contribution in [0.4, 0.5) is 11.4 Å². The third-order valence-corrected chi connectivity index (χ3v) is 4.67. The molecule has 0 aliphatic carbocycles. The molecule has 0 saturated carbocycles. The van der Waals surface area contributed by atoms with E-state index in [4.69, 9.17) is 20.8 Å². The summed E-state index contributed by atoms with van der Waals surface area (Å²) in [6, 6.07) is 15.6. The van der Waals surface area contributed by atoms with Crippen molar-refractivity contribution in [3.8, 4) is 5.75 Å². The SMILES string of the molecule is O=C(COc1ccc(Cl)cc1)Nc1ccc2c(c1)CCN2C(=O)c1ccco1. The van der Waals surface area contributed by atoms with Crippen LogP contribution in [0.2, 0.25) is 5.02 Å². The highest BCUT2D eigenvalue weighted by Gasteiger charge is 2.27. The van der Waals surface area contributed by atoms with Crippen molar-refractivity contribution in [3.05, 3.63) is 77.2 Å². The molecule has 3 aromatic rings. The van der Waals surface area contributed by atoms with Gasteiger partial charge in [0.2, 0.25) is 0 Å². The Morgan fingerprint density at radius 3 is 2.71 bits per heavy atom. The molecule has 0 bridgehead atoms. The second kappa shape index (κ2) is 7.78. The van der Waals surface area contributed by atoms with Gasteiger partial charge in [-0.05, 0) is 66.6 Å². The summed E-state index contributed by atoms with van der Waals surface area (Å²) in [5.41, 5.74) is 2.49. The maximum atomic E-state index is 12.5. The predicted octanol–water partition coefficient (Wildman–Crippen LogP) is 4.15. The Balaban J connectivity index is 1.38. The fourth-order valence-electron chi connectivity index (χ4n) is 3.10. The number of ether oxygens (including phenoxy) is 1. The smallest absolute Gasteiger partial charge is 0.293 e. The van der Waals surface area contributed by atoms with E-state index in [1.165, 1.54) is 6.26 Å². The number of furan rings is 1. The van der Waals surface area contributed by atoms with Crippen LogP contribution in [0.1, 0.15) is 16.1 Å². The fourth-order valence-corrected chi connectivity index (χ4v) is 3.23. The van der Waals surface area contributed by atoms with E-state index in [-0.39, 0.29) is 18.4 Å². The molecule has 1 aliphatic rings. The largest absolute Gasteiger partial charge is 0.484 e. The molecule has 0 atom stereocenters. The normalized spacial score (nSPS) is 12.5. The van der Waals surface area contributed by atoms with Gasteiger partial charge >= 0.3 is 0 Å². The van der Waals surface area contributed by atoms with Gasteiger partial charge in [-0.2, -0.15) is 0 Å². The molecule has 4 rings (SSSR count). The number of hydrogen-bond acceptors (Lipinski definition) is 4. The van der Waals surface area contributed by atoms with Crippen LogP contribution >= 0.6 is 11.6 Å². The van der Waals surface area contributed by atoms with Gasteiger partial charge in [-0.1, -0.05) is 11.6 Å². The Morgan fingerprint density at radius 2 is 1.96 bits per heavy atom. The van der Waals surface area contributed by atoms with E-state index >= 15 is 0 Å². The first kappa shape index (κ1) is 18.1. The zero-order chi connectivity index (χ0) is 19.5. The molecule has 6 nitrogen and oxygen atoms in total. The molecule has 0 spiro atoms. The van der Waals surface area contributed by atoms with Crippen LogP contribution in [0.15, 0.2) is 65.3 Å². The number of rotatable bonds is 5. The second-order valence-electron chi connectivity index (χ2n) is 6.32. The second-order valence-corrected chi connectivity index (χ2v) is 6.75. The monoisotopic (exact) mass is 396 g/mol. The topological polar surface area (TPSA) is 71.8 Å². The van der Waals surface area contributed by atoms with Gasteiger partial charge in [0.1, 0.15) is 5.75 Å². The Hall–Kier alpha value is -3.25. The quantitative estimate of drug-likeness (QED) is 0.703. The van der Waals surface area contributed by atoms with Gasteiger partial charge in [-0.25, -0.2) is 0 Å². The van der Waals surface area contributed by atoms with E-state index in [0.717, 1.165) is 11.3 Å². The minimum absolute atomic E-state index is 0.109. The number of carbonyl (C=O) groups is 2. The average molecular weight is 397 g/mol. The molecule has 0 unspecified atom stereocenters. The van der Waals surface area contributed by atoms with Crippen LogP contribution in [0.5, 0.6) is 5.75 Å². The van der Waals surface area contributed by atoms with Crippen LogP contribution in [0.25, 0.3) is 0 Å². The van der Waals surface area contributed by atoms with E-state index in [2.05, 4.69) is 5.32 Å². The predicted molar refractivity (Wildman–Crippen MR) is 106 cm³/mol. The van der Waals surface area contributed by atoms with Gasteiger partial charge in [0.05, 0.1) is 6.26 Å². The van der Waals surface area contributed by atoms with Crippen molar-refractivity contribution in [1.29, 1.82) is 0 Å². The summed E-state index contributed by atoms with van der Waals surface area (Å²) in [7, 11) is 0. The molecule has 1 N–H and O–H groups in total. The molecule has 2 heterocycles. The first-order valence-electron chi connectivity index (χ1n) is 8.77. The first-order valence-corrected chi connectivity index (χ1v) is 9.14. The highest BCUT2D eigenvalue weighted by molar-refractivity contribution is 6.30. The molecule has 142 valence electrons. The number of nitrogens with one attached hydrogen (secondary N) is 1. The number of benzene rings is 2. The van der Waals surface area contributed by atoms with Crippen molar-refractivity contribution in [2.24, 2.45) is 0 Å². The van der Waals surface area contributed by atoms with Crippen molar-refractivity contribution in [3.63, 3.8) is 0 Å². The van der Waals surface area contributed by atoms with Gasteiger partial charge in [-0.15, -0.1) is 0 Å². The lowest BCUT2D eigenvalue weighted by atomic mass is 10.1. The summed E-state index contributed by atoms with van der Waals surface area (Å²) >= 11 is 5.82. The summed E-state index contributed by atoms with van der Waals surface area (Å²) in [6.45, 7) is 0.466. The van der Waals surface area contributed by atoms with Gasteiger partial charge in [0.25, 0.3) is 11.8 Å². The maximum absolute atomic E-state index is 12.5. The fraction of sp³-hybridized carbons (Fsp3) is 0.143. The molecular weight excluding hydrogens is 380 g/mol. The lowest BCUT2D eigenvalue weighted by Gasteiger charge is -2.16. The Kier molecular flexibility index (Phi) is 5.04. The number of anilines is 2. The number of fused-ring (bicyclic) bond motifs is 1. The number of nitrogens with zero attached hydrogens (tertiary/aromatic N) is 1. The Bertz CT molecular complexity index is 1000. The molecule has 1 aliphatic heterocycles. The average Bonchev–Trinajstić information content (AvgIpc) is 3.37. The summed E-state index contributed by atoms with van der Waals surface area (Å²) in [5.74, 6) is 0.443. The lowest BCUT2D eigenvalue weighted by Crippen LogP contribution is -2.28. The number of halogens is 1. The number of carbonyl (C=O) groups excluding carboxylic acids is 2. The van der Waals surface area contributed by atoms with Crippen LogP contribution in [-0.4, -0.2) is 25.0 Å². The van der Waals surface area contributed by atoms with E-state index in [1.54, 1.807) is 47.4 Å². The summed E-state index contributed by atoms with van der Waals surface area (Å²) in [6.07, 6.45) is 2.20. The Labute approximate surface area is 166 Å². The minimum atomic E-state index is -0.267. The third kappa shape index (κ3) is 3.87. The van der Waals surface area contributed by atoms with E-state index in [1.807, 2.05) is 12.1 Å². The molecule has 7 heteroatoms. The van der Waals surface area contributed by atoms with Crippen LogP contribution < -0.4 is 15.0 Å². The standard InChI is InChI=1S/C21H17ClN2O4/c22-15-3-6-17(7-4-15)28-13-20(25)23-16-5-8-18-14(12-16)9-10-24(18)21(26)19-2-1-11-27-19/h1-8,11-12H,9-10,13H2,(H,23,25). The van der Waals surface area contributed by atoms with Crippen molar-refractivity contribution in [1.82, 2.24) is 0 Å². The van der Waals surface area contributed by atoms with E-state index < -0.39 is 0 Å². The molecule has 1 aromatic heterocycles.